The molecule has 0 fully saturated rings. The van der Waals surface area contributed by atoms with Crippen molar-refractivity contribution in [1.29, 1.82) is 0 Å². The Balaban J connectivity index is 2.28. The fourth-order valence-corrected chi connectivity index (χ4v) is 1.74. The van der Waals surface area contributed by atoms with E-state index in [0.29, 0.717) is 5.69 Å². The highest BCUT2D eigenvalue weighted by molar-refractivity contribution is 6.34. The molecule has 0 atom stereocenters. The molecule has 0 spiro atoms. The normalized spacial score (nSPS) is 10.3. The summed E-state index contributed by atoms with van der Waals surface area (Å²) in [6, 6.07) is 7.81. The first kappa shape index (κ1) is 13.3. The molecule has 0 radical (unpaired) electrons. The van der Waals surface area contributed by atoms with Gasteiger partial charge in [0.2, 0.25) is 0 Å². The van der Waals surface area contributed by atoms with Crippen LogP contribution in [-0.4, -0.2) is 5.91 Å². The van der Waals surface area contributed by atoms with E-state index in [0.717, 1.165) is 6.07 Å². The number of carbonyl (C=O) groups is 1. The summed E-state index contributed by atoms with van der Waals surface area (Å²) in [5.74, 6) is -3.08. The van der Waals surface area contributed by atoms with Crippen molar-refractivity contribution in [1.82, 2.24) is 0 Å². The highest BCUT2D eigenvalue weighted by Crippen LogP contribution is 2.25. The van der Waals surface area contributed by atoms with E-state index in [1.165, 1.54) is 30.3 Å². The fraction of sp³-hybridized carbons (Fsp3) is 0. The van der Waals surface area contributed by atoms with Gasteiger partial charge in [0.05, 0.1) is 16.3 Å². The number of hydrogen-bond acceptors (Lipinski definition) is 2. The third-order valence-corrected chi connectivity index (χ3v) is 2.75. The molecular formula is C13H9ClF2N2O. The molecular weight excluding hydrogens is 274 g/mol. The predicted molar refractivity (Wildman–Crippen MR) is 70.2 cm³/mol. The Hall–Kier alpha value is -2.14. The topological polar surface area (TPSA) is 55.1 Å². The summed E-state index contributed by atoms with van der Waals surface area (Å²) < 4.78 is 26.4. The van der Waals surface area contributed by atoms with E-state index in [1.54, 1.807) is 0 Å². The van der Waals surface area contributed by atoms with Crippen molar-refractivity contribution in [2.75, 3.05) is 11.1 Å². The number of benzene rings is 2. The average molecular weight is 283 g/mol. The number of nitrogens with two attached hydrogens (primary N) is 1. The molecule has 0 aliphatic heterocycles. The highest BCUT2D eigenvalue weighted by atomic mass is 35.5. The standard InChI is InChI=1S/C13H9ClF2N2O/c14-9-6-7(17)4-5-11(9)18-13(19)8-2-1-3-10(15)12(8)16/h1-6H,17H2,(H,18,19). The van der Waals surface area contributed by atoms with Crippen LogP contribution in [-0.2, 0) is 0 Å². The van der Waals surface area contributed by atoms with Crippen LogP contribution in [0.15, 0.2) is 36.4 Å². The van der Waals surface area contributed by atoms with Crippen LogP contribution >= 0.6 is 11.6 Å². The average Bonchev–Trinajstić information content (AvgIpc) is 2.36. The molecule has 2 rings (SSSR count). The number of carbonyl (C=O) groups excluding carboxylic acids is 1. The lowest BCUT2D eigenvalue weighted by molar-refractivity contribution is 0.102. The Morgan fingerprint density at radius 1 is 1.21 bits per heavy atom. The van der Waals surface area contributed by atoms with Crippen LogP contribution < -0.4 is 11.1 Å². The third-order valence-electron chi connectivity index (χ3n) is 2.44. The van der Waals surface area contributed by atoms with Crippen molar-refractivity contribution < 1.29 is 13.6 Å². The van der Waals surface area contributed by atoms with Crippen molar-refractivity contribution in [3.8, 4) is 0 Å². The van der Waals surface area contributed by atoms with E-state index in [9.17, 15) is 13.6 Å². The van der Waals surface area contributed by atoms with E-state index < -0.39 is 23.1 Å². The molecule has 0 aliphatic carbocycles. The van der Waals surface area contributed by atoms with Crippen LogP contribution in [0.3, 0.4) is 0 Å². The minimum atomic E-state index is -1.20. The molecule has 19 heavy (non-hydrogen) atoms. The first-order valence-corrected chi connectivity index (χ1v) is 5.67. The highest BCUT2D eigenvalue weighted by Gasteiger charge is 2.16. The summed E-state index contributed by atoms with van der Waals surface area (Å²) in [6.07, 6.45) is 0. The number of nitrogens with one attached hydrogen (secondary N) is 1. The number of halogens is 3. The first-order chi connectivity index (χ1) is 8.99. The summed E-state index contributed by atoms with van der Waals surface area (Å²) in [6.45, 7) is 0. The molecule has 98 valence electrons. The third kappa shape index (κ3) is 2.82. The fourth-order valence-electron chi connectivity index (χ4n) is 1.50. The molecule has 3 N–H and O–H groups in total. The lowest BCUT2D eigenvalue weighted by atomic mass is 10.2. The minimum absolute atomic E-state index is 0.213. The lowest BCUT2D eigenvalue weighted by Crippen LogP contribution is -2.14. The van der Waals surface area contributed by atoms with Gasteiger partial charge in [-0.3, -0.25) is 4.79 Å². The maximum Gasteiger partial charge on any atom is 0.258 e. The number of anilines is 2. The van der Waals surface area contributed by atoms with Crippen molar-refractivity contribution in [2.24, 2.45) is 0 Å². The largest absolute Gasteiger partial charge is 0.399 e. The van der Waals surface area contributed by atoms with Gasteiger partial charge in [0, 0.05) is 5.69 Å². The van der Waals surface area contributed by atoms with Crippen LogP contribution in [0.1, 0.15) is 10.4 Å². The zero-order valence-corrected chi connectivity index (χ0v) is 10.3. The molecule has 0 aliphatic rings. The second-order valence-electron chi connectivity index (χ2n) is 3.79. The quantitative estimate of drug-likeness (QED) is 0.829. The van der Waals surface area contributed by atoms with Gasteiger partial charge in [-0.1, -0.05) is 17.7 Å². The van der Waals surface area contributed by atoms with Gasteiger partial charge in [0.1, 0.15) is 0 Å². The Labute approximate surface area is 113 Å². The number of amides is 1. The van der Waals surface area contributed by atoms with Gasteiger partial charge in [-0.05, 0) is 30.3 Å². The summed E-state index contributed by atoms with van der Waals surface area (Å²) in [5, 5.41) is 2.60. The van der Waals surface area contributed by atoms with Crippen LogP contribution in [0.25, 0.3) is 0 Å². The molecule has 0 unspecified atom stereocenters. The van der Waals surface area contributed by atoms with Crippen LogP contribution in [0, 0.1) is 11.6 Å². The number of hydrogen-bond donors (Lipinski definition) is 2. The van der Waals surface area contributed by atoms with Crippen molar-refractivity contribution in [3.63, 3.8) is 0 Å². The van der Waals surface area contributed by atoms with Gasteiger partial charge in [-0.25, -0.2) is 8.78 Å². The summed E-state index contributed by atoms with van der Waals surface area (Å²) in [4.78, 5) is 11.8. The Bertz CT molecular complexity index is 647. The van der Waals surface area contributed by atoms with Crippen LogP contribution in [0.4, 0.5) is 20.2 Å². The summed E-state index contributed by atoms with van der Waals surface area (Å²) >= 11 is 5.87. The summed E-state index contributed by atoms with van der Waals surface area (Å²) in [7, 11) is 0. The molecule has 0 aromatic heterocycles. The molecule has 0 saturated heterocycles. The summed E-state index contributed by atoms with van der Waals surface area (Å²) in [5.41, 5.74) is 5.81. The molecule has 1 amide bonds. The maximum atomic E-state index is 13.4. The SMILES string of the molecule is Nc1ccc(NC(=O)c2cccc(F)c2F)c(Cl)c1. The van der Waals surface area contributed by atoms with E-state index >= 15 is 0 Å². The first-order valence-electron chi connectivity index (χ1n) is 5.29. The smallest absolute Gasteiger partial charge is 0.258 e. The van der Waals surface area contributed by atoms with Gasteiger partial charge < -0.3 is 11.1 Å². The van der Waals surface area contributed by atoms with Crippen LogP contribution in [0.2, 0.25) is 5.02 Å². The van der Waals surface area contributed by atoms with Gasteiger partial charge >= 0.3 is 0 Å². The Morgan fingerprint density at radius 2 is 1.95 bits per heavy atom. The van der Waals surface area contributed by atoms with Crippen LogP contribution in [0.5, 0.6) is 0 Å². The Morgan fingerprint density at radius 3 is 2.63 bits per heavy atom. The molecule has 2 aromatic rings. The van der Waals surface area contributed by atoms with Gasteiger partial charge in [0.15, 0.2) is 11.6 Å². The molecule has 6 heteroatoms. The van der Waals surface area contributed by atoms with Gasteiger partial charge in [-0.2, -0.15) is 0 Å². The molecule has 3 nitrogen and oxygen atoms in total. The van der Waals surface area contributed by atoms with Crippen molar-refractivity contribution in [3.05, 3.63) is 58.6 Å². The second kappa shape index (κ2) is 5.24. The molecule has 0 saturated carbocycles. The van der Waals surface area contributed by atoms with Crippen molar-refractivity contribution >= 4 is 28.9 Å². The lowest BCUT2D eigenvalue weighted by Gasteiger charge is -2.08. The van der Waals surface area contributed by atoms with E-state index in [4.69, 9.17) is 17.3 Å². The van der Waals surface area contributed by atoms with Crippen molar-refractivity contribution in [2.45, 2.75) is 0 Å². The van der Waals surface area contributed by atoms with E-state index in [-0.39, 0.29) is 10.7 Å². The molecule has 2 aromatic carbocycles. The van der Waals surface area contributed by atoms with Gasteiger partial charge in [0.25, 0.3) is 5.91 Å². The van der Waals surface area contributed by atoms with E-state index in [2.05, 4.69) is 5.32 Å². The zero-order chi connectivity index (χ0) is 14.0. The molecule has 0 heterocycles. The maximum absolute atomic E-state index is 13.4. The minimum Gasteiger partial charge on any atom is -0.399 e. The predicted octanol–water partition coefficient (Wildman–Crippen LogP) is 3.45. The zero-order valence-electron chi connectivity index (χ0n) is 9.58. The Kier molecular flexibility index (Phi) is 3.66. The van der Waals surface area contributed by atoms with E-state index in [1.807, 2.05) is 0 Å². The number of nitrogen functional groups attached to an aromatic ring is 1. The second-order valence-corrected chi connectivity index (χ2v) is 4.20. The monoisotopic (exact) mass is 282 g/mol. The molecule has 0 bridgehead atoms. The van der Waals surface area contributed by atoms with Gasteiger partial charge in [-0.15, -0.1) is 0 Å². The number of rotatable bonds is 2.